The first-order valence-electron chi connectivity index (χ1n) is 6.56. The highest BCUT2D eigenvalue weighted by Gasteiger charge is 2.10. The van der Waals surface area contributed by atoms with Crippen LogP contribution in [0, 0.1) is 0 Å². The van der Waals surface area contributed by atoms with Gasteiger partial charge in [0.15, 0.2) is 0 Å². The number of allylic oxidation sites excluding steroid dienone is 2. The van der Waals surface area contributed by atoms with Crippen molar-refractivity contribution >= 4 is 18.0 Å². The Morgan fingerprint density at radius 2 is 2.00 bits per heavy atom. The van der Waals surface area contributed by atoms with E-state index in [0.717, 1.165) is 10.3 Å². The molecule has 0 saturated carbocycles. The van der Waals surface area contributed by atoms with Crippen molar-refractivity contribution < 1.29 is 5.11 Å². The van der Waals surface area contributed by atoms with E-state index in [4.69, 9.17) is 0 Å². The number of nitrogens with zero attached hydrogens (tertiary/aromatic N) is 2. The summed E-state index contributed by atoms with van der Waals surface area (Å²) in [6, 6.07) is 9.27. The highest BCUT2D eigenvalue weighted by atomic mass is 16.3. The van der Waals surface area contributed by atoms with Gasteiger partial charge < -0.3 is 5.11 Å². The summed E-state index contributed by atoms with van der Waals surface area (Å²) in [6.07, 6.45) is 5.85. The van der Waals surface area contributed by atoms with Gasteiger partial charge in [-0.3, -0.25) is 19.3 Å². The van der Waals surface area contributed by atoms with E-state index in [1.807, 2.05) is 30.3 Å². The number of aliphatic imine (C=N–C) groups is 1. The molecule has 2 rings (SSSR count). The summed E-state index contributed by atoms with van der Waals surface area (Å²) < 4.78 is 1.02. The van der Waals surface area contributed by atoms with Crippen LogP contribution >= 0.6 is 0 Å². The second-order valence-electron chi connectivity index (χ2n) is 4.37. The molecule has 2 aromatic rings. The van der Waals surface area contributed by atoms with Gasteiger partial charge in [0.05, 0.1) is 5.69 Å². The van der Waals surface area contributed by atoms with Crippen molar-refractivity contribution in [3.05, 3.63) is 75.5 Å². The second-order valence-corrected chi connectivity index (χ2v) is 4.37. The lowest BCUT2D eigenvalue weighted by Gasteiger charge is -2.06. The molecule has 0 saturated heterocycles. The fourth-order valence-corrected chi connectivity index (χ4v) is 1.81. The van der Waals surface area contributed by atoms with E-state index in [9.17, 15) is 14.7 Å². The minimum atomic E-state index is -0.683. The van der Waals surface area contributed by atoms with Gasteiger partial charge in [-0.25, -0.2) is 4.79 Å². The normalized spacial score (nSPS) is 11.3. The number of hydrogen-bond acceptors (Lipinski definition) is 4. The van der Waals surface area contributed by atoms with Crippen molar-refractivity contribution in [2.24, 2.45) is 4.99 Å². The van der Waals surface area contributed by atoms with E-state index < -0.39 is 17.1 Å². The second kappa shape index (κ2) is 7.03. The van der Waals surface area contributed by atoms with Crippen molar-refractivity contribution in [1.29, 1.82) is 0 Å². The number of aromatic amines is 1. The van der Waals surface area contributed by atoms with Crippen molar-refractivity contribution in [2.75, 3.05) is 0 Å². The molecule has 6 nitrogen and oxygen atoms in total. The molecule has 2 N–H and O–H groups in total. The third kappa shape index (κ3) is 3.49. The molecule has 0 aliphatic rings. The monoisotopic (exact) mass is 297 g/mol. The number of para-hydroxylation sites is 1. The lowest BCUT2D eigenvalue weighted by molar-refractivity contribution is 0.409. The number of benzene rings is 1. The van der Waals surface area contributed by atoms with Crippen LogP contribution in [0.1, 0.15) is 5.56 Å². The topological polar surface area (TPSA) is 87.4 Å². The molecule has 1 aromatic carbocycles. The molecular formula is C16H15N3O3. The van der Waals surface area contributed by atoms with Crippen LogP contribution in [0.3, 0.4) is 0 Å². The maximum absolute atomic E-state index is 11.7. The molecule has 6 heteroatoms. The quantitative estimate of drug-likeness (QED) is 0.652. The molecule has 0 spiro atoms. The van der Waals surface area contributed by atoms with Crippen LogP contribution in [-0.4, -0.2) is 20.9 Å². The number of hydrogen-bond donors (Lipinski definition) is 2. The third-order valence-electron chi connectivity index (χ3n) is 2.85. The van der Waals surface area contributed by atoms with E-state index >= 15 is 0 Å². The average molecular weight is 297 g/mol. The summed E-state index contributed by atoms with van der Waals surface area (Å²) in [5.74, 6) is -0.405. The Balaban J connectivity index is 2.29. The first-order valence-corrected chi connectivity index (χ1v) is 6.56. The summed E-state index contributed by atoms with van der Waals surface area (Å²) in [5.41, 5.74) is -0.590. The van der Waals surface area contributed by atoms with Gasteiger partial charge >= 0.3 is 5.69 Å². The fourth-order valence-electron chi connectivity index (χ4n) is 1.81. The number of rotatable bonds is 5. The molecule has 112 valence electrons. The standard InChI is InChI=1S/C16H15N3O3/c1-2-11-19-15(21)13(14(20)18-16(19)22)9-6-10-17-12-7-4-3-5-8-12/h2-10,21H,1,11H2,(H,18,20,22)/b9-6-,17-10?. The Bertz CT molecular complexity index is 830. The predicted octanol–water partition coefficient (Wildman–Crippen LogP) is 1.84. The number of aromatic nitrogens is 2. The van der Waals surface area contributed by atoms with Gasteiger partial charge in [-0.1, -0.05) is 24.3 Å². The zero-order valence-corrected chi connectivity index (χ0v) is 11.8. The first kappa shape index (κ1) is 15.2. The minimum Gasteiger partial charge on any atom is -0.494 e. The van der Waals surface area contributed by atoms with Crippen LogP contribution in [0.5, 0.6) is 5.88 Å². The van der Waals surface area contributed by atoms with Gasteiger partial charge in [0, 0.05) is 12.8 Å². The maximum Gasteiger partial charge on any atom is 0.331 e. The smallest absolute Gasteiger partial charge is 0.331 e. The lowest BCUT2D eigenvalue weighted by Crippen LogP contribution is -2.31. The van der Waals surface area contributed by atoms with Crippen LogP contribution in [0.15, 0.2) is 63.6 Å². The van der Waals surface area contributed by atoms with Crippen LogP contribution in [-0.2, 0) is 6.54 Å². The highest BCUT2D eigenvalue weighted by molar-refractivity contribution is 5.80. The summed E-state index contributed by atoms with van der Waals surface area (Å²) in [6.45, 7) is 3.59. The van der Waals surface area contributed by atoms with Crippen LogP contribution in [0.25, 0.3) is 6.08 Å². The van der Waals surface area contributed by atoms with E-state index in [0.29, 0.717) is 0 Å². The molecule has 0 unspecified atom stereocenters. The van der Waals surface area contributed by atoms with Crippen molar-refractivity contribution in [3.63, 3.8) is 0 Å². The van der Waals surface area contributed by atoms with Gasteiger partial charge in [0.2, 0.25) is 5.88 Å². The maximum atomic E-state index is 11.7. The average Bonchev–Trinajstić information content (AvgIpc) is 2.51. The fraction of sp³-hybridized carbons (Fsp3) is 0.0625. The Labute approximate surface area is 126 Å². The van der Waals surface area contributed by atoms with Crippen molar-refractivity contribution in [2.45, 2.75) is 6.54 Å². The van der Waals surface area contributed by atoms with Gasteiger partial charge in [-0.15, -0.1) is 6.58 Å². The number of nitrogens with one attached hydrogen (secondary N) is 1. The van der Waals surface area contributed by atoms with E-state index in [1.165, 1.54) is 24.4 Å². The molecule has 1 heterocycles. The van der Waals surface area contributed by atoms with Gasteiger partial charge in [-0.2, -0.15) is 0 Å². The van der Waals surface area contributed by atoms with Crippen molar-refractivity contribution in [1.82, 2.24) is 9.55 Å². The zero-order chi connectivity index (χ0) is 15.9. The van der Waals surface area contributed by atoms with Gasteiger partial charge in [0.25, 0.3) is 5.56 Å². The van der Waals surface area contributed by atoms with E-state index in [2.05, 4.69) is 16.6 Å². The van der Waals surface area contributed by atoms with E-state index in [1.54, 1.807) is 0 Å². The molecule has 0 fully saturated rings. The summed E-state index contributed by atoms with van der Waals surface area (Å²) >= 11 is 0. The van der Waals surface area contributed by atoms with Gasteiger partial charge in [-0.05, 0) is 24.3 Å². The molecule has 0 amide bonds. The summed E-state index contributed by atoms with van der Waals surface area (Å²) in [5, 5.41) is 10.00. The van der Waals surface area contributed by atoms with Crippen LogP contribution in [0.2, 0.25) is 0 Å². The Morgan fingerprint density at radius 1 is 1.27 bits per heavy atom. The Kier molecular flexibility index (Phi) is 4.87. The predicted molar refractivity (Wildman–Crippen MR) is 86.8 cm³/mol. The third-order valence-corrected chi connectivity index (χ3v) is 2.85. The summed E-state index contributed by atoms with van der Waals surface area (Å²) in [7, 11) is 0. The first-order chi connectivity index (χ1) is 10.6. The largest absolute Gasteiger partial charge is 0.494 e. The lowest BCUT2D eigenvalue weighted by atomic mass is 10.3. The van der Waals surface area contributed by atoms with Crippen LogP contribution in [0.4, 0.5) is 5.69 Å². The molecule has 0 radical (unpaired) electrons. The molecular weight excluding hydrogens is 282 g/mol. The number of H-pyrrole nitrogens is 1. The molecule has 0 aliphatic heterocycles. The Hall–Kier alpha value is -3.15. The SMILES string of the molecule is C=CCn1c(O)c(/C=C\C=Nc2ccccc2)c(=O)[nH]c1=O. The van der Waals surface area contributed by atoms with E-state index in [-0.39, 0.29) is 12.1 Å². The molecule has 22 heavy (non-hydrogen) atoms. The molecule has 0 aliphatic carbocycles. The molecule has 1 aromatic heterocycles. The number of aromatic hydroxyl groups is 1. The van der Waals surface area contributed by atoms with Crippen LogP contribution < -0.4 is 11.2 Å². The van der Waals surface area contributed by atoms with Crippen molar-refractivity contribution in [3.8, 4) is 5.88 Å². The highest BCUT2D eigenvalue weighted by Crippen LogP contribution is 2.12. The zero-order valence-electron chi connectivity index (χ0n) is 11.8. The molecule has 0 atom stereocenters. The molecule has 0 bridgehead atoms. The Morgan fingerprint density at radius 3 is 2.68 bits per heavy atom. The summed E-state index contributed by atoms with van der Waals surface area (Å²) in [4.78, 5) is 29.6. The van der Waals surface area contributed by atoms with Gasteiger partial charge in [0.1, 0.15) is 5.56 Å². The minimum absolute atomic E-state index is 0.0130.